The molecule has 1 aliphatic heterocycles. The van der Waals surface area contributed by atoms with Crippen molar-refractivity contribution in [2.75, 3.05) is 6.54 Å². The van der Waals surface area contributed by atoms with Crippen LogP contribution in [0.1, 0.15) is 33.6 Å². The minimum atomic E-state index is -0.239. The summed E-state index contributed by atoms with van der Waals surface area (Å²) < 4.78 is 0. The first-order chi connectivity index (χ1) is 6.97. The molecule has 0 aromatic heterocycles. The van der Waals surface area contributed by atoms with E-state index in [-0.39, 0.29) is 22.6 Å². The first-order valence-electron chi connectivity index (χ1n) is 5.45. The number of carbonyl (C=O) groups excluding carboxylic acids is 2. The largest absolute Gasteiger partial charge is 0.281 e. The van der Waals surface area contributed by atoms with E-state index in [2.05, 4.69) is 22.9 Å². The maximum absolute atomic E-state index is 11.9. The maximum Gasteiger partial charge on any atom is 0.243 e. The second kappa shape index (κ2) is 5.10. The van der Waals surface area contributed by atoms with Crippen LogP contribution in [-0.4, -0.2) is 28.1 Å². The molecule has 2 amide bonds. The van der Waals surface area contributed by atoms with Crippen LogP contribution >= 0.6 is 15.9 Å². The van der Waals surface area contributed by atoms with Crippen LogP contribution in [0.2, 0.25) is 0 Å². The molecule has 1 aliphatic rings. The Labute approximate surface area is 99.3 Å². The second-order valence-corrected chi connectivity index (χ2v) is 5.45. The van der Waals surface area contributed by atoms with E-state index in [1.807, 2.05) is 13.8 Å². The Bertz CT molecular complexity index is 265. The molecule has 2 unspecified atom stereocenters. The smallest absolute Gasteiger partial charge is 0.243 e. The lowest BCUT2D eigenvalue weighted by molar-refractivity contribution is -0.141. The van der Waals surface area contributed by atoms with Gasteiger partial charge < -0.3 is 0 Å². The Morgan fingerprint density at radius 2 is 2.20 bits per heavy atom. The Morgan fingerprint density at radius 1 is 1.60 bits per heavy atom. The summed E-state index contributed by atoms with van der Waals surface area (Å²) in [5.41, 5.74) is 0. The van der Waals surface area contributed by atoms with Crippen molar-refractivity contribution in [2.45, 2.75) is 38.4 Å². The number of imide groups is 1. The van der Waals surface area contributed by atoms with Gasteiger partial charge in [0.05, 0.1) is 4.83 Å². The quantitative estimate of drug-likeness (QED) is 0.741. The number of likely N-dealkylation sites (tertiary alicyclic amines) is 1. The number of hydrogen-bond acceptors (Lipinski definition) is 2. The van der Waals surface area contributed by atoms with Gasteiger partial charge in [0, 0.05) is 13.0 Å². The zero-order chi connectivity index (χ0) is 11.6. The van der Waals surface area contributed by atoms with Crippen LogP contribution in [0, 0.1) is 11.8 Å². The molecule has 15 heavy (non-hydrogen) atoms. The van der Waals surface area contributed by atoms with Crippen LogP contribution in [0.3, 0.4) is 0 Å². The van der Waals surface area contributed by atoms with Gasteiger partial charge in [0.25, 0.3) is 0 Å². The molecule has 0 spiro atoms. The van der Waals surface area contributed by atoms with Gasteiger partial charge in [-0.2, -0.15) is 0 Å². The molecule has 0 saturated carbocycles. The normalized spacial score (nSPS) is 23.7. The van der Waals surface area contributed by atoms with Crippen molar-refractivity contribution in [3.8, 4) is 0 Å². The second-order valence-electron chi connectivity index (χ2n) is 4.47. The molecule has 1 saturated heterocycles. The maximum atomic E-state index is 11.9. The van der Waals surface area contributed by atoms with Gasteiger partial charge in [0.2, 0.25) is 11.8 Å². The van der Waals surface area contributed by atoms with Crippen LogP contribution in [-0.2, 0) is 9.59 Å². The van der Waals surface area contributed by atoms with Crippen molar-refractivity contribution >= 4 is 27.7 Å². The third-order valence-corrected chi connectivity index (χ3v) is 4.32. The monoisotopic (exact) mass is 275 g/mol. The summed E-state index contributed by atoms with van der Waals surface area (Å²) in [5.74, 6) is 0.474. The highest BCUT2D eigenvalue weighted by atomic mass is 79.9. The molecule has 0 radical (unpaired) electrons. The summed E-state index contributed by atoms with van der Waals surface area (Å²) in [7, 11) is 0. The van der Waals surface area contributed by atoms with E-state index < -0.39 is 0 Å². The molecule has 0 N–H and O–H groups in total. The van der Waals surface area contributed by atoms with Crippen molar-refractivity contribution in [3.63, 3.8) is 0 Å². The van der Waals surface area contributed by atoms with E-state index in [4.69, 9.17) is 0 Å². The fourth-order valence-electron chi connectivity index (χ4n) is 1.70. The van der Waals surface area contributed by atoms with E-state index in [9.17, 15) is 9.59 Å². The lowest BCUT2D eigenvalue weighted by Gasteiger charge is -2.20. The molecular formula is C11H18BrNO2. The minimum absolute atomic E-state index is 0.0167. The van der Waals surface area contributed by atoms with E-state index in [1.54, 1.807) is 0 Å². The molecular weight excluding hydrogens is 258 g/mol. The SMILES string of the molecule is CCC1CC(=O)N(C(=O)C(Br)C(C)C)C1. The molecule has 0 aromatic rings. The van der Waals surface area contributed by atoms with Gasteiger partial charge >= 0.3 is 0 Å². The topological polar surface area (TPSA) is 37.4 Å². The van der Waals surface area contributed by atoms with Gasteiger partial charge in [-0.05, 0) is 11.8 Å². The molecule has 86 valence electrons. The van der Waals surface area contributed by atoms with Crippen LogP contribution in [0.25, 0.3) is 0 Å². The first kappa shape index (κ1) is 12.7. The van der Waals surface area contributed by atoms with Gasteiger partial charge in [0.1, 0.15) is 0 Å². The zero-order valence-corrected chi connectivity index (χ0v) is 11.1. The number of nitrogens with zero attached hydrogens (tertiary/aromatic N) is 1. The molecule has 4 heteroatoms. The van der Waals surface area contributed by atoms with E-state index in [0.717, 1.165) is 6.42 Å². The minimum Gasteiger partial charge on any atom is -0.281 e. The predicted molar refractivity (Wildman–Crippen MR) is 62.7 cm³/mol. The first-order valence-corrected chi connectivity index (χ1v) is 6.37. The van der Waals surface area contributed by atoms with Gasteiger partial charge in [-0.1, -0.05) is 43.1 Å². The van der Waals surface area contributed by atoms with Crippen molar-refractivity contribution in [1.82, 2.24) is 4.90 Å². The third-order valence-electron chi connectivity index (χ3n) is 2.87. The lowest BCUT2D eigenvalue weighted by Crippen LogP contribution is -2.39. The van der Waals surface area contributed by atoms with E-state index in [1.165, 1.54) is 4.90 Å². The number of alkyl halides is 1. The summed E-state index contributed by atoms with van der Waals surface area (Å²) in [6.07, 6.45) is 1.49. The number of carbonyl (C=O) groups is 2. The summed E-state index contributed by atoms with van der Waals surface area (Å²) in [4.78, 5) is 24.7. The highest BCUT2D eigenvalue weighted by Gasteiger charge is 2.36. The average Bonchev–Trinajstić information content (AvgIpc) is 2.57. The Kier molecular flexibility index (Phi) is 4.32. The molecule has 0 aromatic carbocycles. The zero-order valence-electron chi connectivity index (χ0n) is 9.50. The van der Waals surface area contributed by atoms with Gasteiger partial charge in [-0.3, -0.25) is 14.5 Å². The summed E-state index contributed by atoms with van der Waals surface area (Å²) in [6.45, 7) is 6.59. The highest BCUT2D eigenvalue weighted by molar-refractivity contribution is 9.10. The van der Waals surface area contributed by atoms with Crippen molar-refractivity contribution in [1.29, 1.82) is 0 Å². The fraction of sp³-hybridized carbons (Fsp3) is 0.818. The third kappa shape index (κ3) is 2.80. The molecule has 0 aliphatic carbocycles. The van der Waals surface area contributed by atoms with E-state index in [0.29, 0.717) is 18.9 Å². The average molecular weight is 276 g/mol. The summed E-state index contributed by atoms with van der Waals surface area (Å²) in [5, 5.41) is 0. The molecule has 1 rings (SSSR count). The van der Waals surface area contributed by atoms with Crippen molar-refractivity contribution in [3.05, 3.63) is 0 Å². The molecule has 2 atom stereocenters. The van der Waals surface area contributed by atoms with Gasteiger partial charge in [-0.25, -0.2) is 0 Å². The number of hydrogen-bond donors (Lipinski definition) is 0. The Balaban J connectivity index is 2.65. The fourth-order valence-corrected chi connectivity index (χ4v) is 1.95. The van der Waals surface area contributed by atoms with E-state index >= 15 is 0 Å². The summed E-state index contributed by atoms with van der Waals surface area (Å²) >= 11 is 3.34. The number of amides is 2. The summed E-state index contributed by atoms with van der Waals surface area (Å²) in [6, 6.07) is 0. The van der Waals surface area contributed by atoms with Gasteiger partial charge in [0.15, 0.2) is 0 Å². The Morgan fingerprint density at radius 3 is 2.60 bits per heavy atom. The molecule has 0 bridgehead atoms. The number of rotatable bonds is 3. The van der Waals surface area contributed by atoms with Crippen LogP contribution in [0.15, 0.2) is 0 Å². The van der Waals surface area contributed by atoms with Crippen molar-refractivity contribution in [2.24, 2.45) is 11.8 Å². The van der Waals surface area contributed by atoms with Crippen LogP contribution < -0.4 is 0 Å². The van der Waals surface area contributed by atoms with Crippen molar-refractivity contribution < 1.29 is 9.59 Å². The van der Waals surface area contributed by atoms with Crippen LogP contribution in [0.4, 0.5) is 0 Å². The van der Waals surface area contributed by atoms with Gasteiger partial charge in [-0.15, -0.1) is 0 Å². The predicted octanol–water partition coefficient (Wildman–Crippen LogP) is 2.19. The highest BCUT2D eigenvalue weighted by Crippen LogP contribution is 2.24. The standard InChI is InChI=1S/C11H18BrNO2/c1-4-8-5-9(14)13(6-8)11(15)10(12)7(2)3/h7-8,10H,4-6H2,1-3H3. The molecule has 3 nitrogen and oxygen atoms in total. The lowest BCUT2D eigenvalue weighted by atomic mass is 10.1. The molecule has 1 fully saturated rings. The van der Waals surface area contributed by atoms with Crippen LogP contribution in [0.5, 0.6) is 0 Å². The number of halogens is 1. The Hall–Kier alpha value is -0.380. The molecule has 1 heterocycles.